The number of nitrogens with one attached hydrogen (secondary N) is 1. The molecule has 0 aromatic heterocycles. The van der Waals surface area contributed by atoms with E-state index in [1.54, 1.807) is 29.2 Å². The fourth-order valence-corrected chi connectivity index (χ4v) is 2.71. The van der Waals surface area contributed by atoms with Gasteiger partial charge in [0.25, 0.3) is 0 Å². The van der Waals surface area contributed by atoms with Gasteiger partial charge in [0.05, 0.1) is 25.4 Å². The van der Waals surface area contributed by atoms with Gasteiger partial charge in [0.15, 0.2) is 5.78 Å². The highest BCUT2D eigenvalue weighted by Crippen LogP contribution is 2.20. The monoisotopic (exact) mass is 320 g/mol. The zero-order chi connectivity index (χ0) is 17.0. The highest BCUT2D eigenvalue weighted by Gasteiger charge is 2.37. The molecule has 7 nitrogen and oxygen atoms in total. The normalized spacial score (nSPS) is 21.0. The largest absolute Gasteiger partial charge is 0.468 e. The summed E-state index contributed by atoms with van der Waals surface area (Å²) in [4.78, 5) is 37.0. The molecule has 2 N–H and O–H groups in total. The van der Waals surface area contributed by atoms with Gasteiger partial charge >= 0.3 is 5.97 Å². The van der Waals surface area contributed by atoms with Gasteiger partial charge in [-0.1, -0.05) is 12.1 Å². The van der Waals surface area contributed by atoms with Gasteiger partial charge in [-0.05, 0) is 19.1 Å². The van der Waals surface area contributed by atoms with Crippen molar-refractivity contribution in [1.82, 2.24) is 4.90 Å². The Labute approximate surface area is 134 Å². The lowest BCUT2D eigenvalue weighted by atomic mass is 10.1. The van der Waals surface area contributed by atoms with Crippen molar-refractivity contribution in [3.8, 4) is 0 Å². The van der Waals surface area contributed by atoms with Crippen molar-refractivity contribution in [3.63, 3.8) is 0 Å². The number of anilines is 1. The number of aliphatic hydroxyl groups is 1. The van der Waals surface area contributed by atoms with Gasteiger partial charge in [0.2, 0.25) is 5.91 Å². The number of amides is 1. The molecule has 2 atom stereocenters. The number of hydrogen-bond acceptors (Lipinski definition) is 6. The second kappa shape index (κ2) is 7.34. The highest BCUT2D eigenvalue weighted by molar-refractivity contribution is 6.04. The fourth-order valence-electron chi connectivity index (χ4n) is 2.71. The second-order valence-corrected chi connectivity index (χ2v) is 5.51. The molecule has 1 amide bonds. The van der Waals surface area contributed by atoms with E-state index < -0.39 is 18.1 Å². The lowest BCUT2D eigenvalue weighted by Gasteiger charge is -2.21. The first kappa shape index (κ1) is 17.1. The molecule has 0 aliphatic carbocycles. The van der Waals surface area contributed by atoms with Crippen LogP contribution in [0.25, 0.3) is 0 Å². The molecule has 0 spiro atoms. The number of Topliss-reactive ketones (excluding diaryl/α,β-unsaturated/α-hetero) is 1. The van der Waals surface area contributed by atoms with Crippen LogP contribution in [0.15, 0.2) is 24.3 Å². The number of ether oxygens (including phenoxy) is 1. The number of β-amino-alcohol motifs (C(OH)–C–C–N with tert-alkyl or cyclic N) is 1. The van der Waals surface area contributed by atoms with E-state index in [1.165, 1.54) is 14.0 Å². The highest BCUT2D eigenvalue weighted by atomic mass is 16.5. The number of likely N-dealkylation sites (tertiary alicyclic amines) is 1. The predicted molar refractivity (Wildman–Crippen MR) is 83.1 cm³/mol. The summed E-state index contributed by atoms with van der Waals surface area (Å²) in [7, 11) is 1.27. The van der Waals surface area contributed by atoms with Gasteiger partial charge in [-0.2, -0.15) is 0 Å². The summed E-state index contributed by atoms with van der Waals surface area (Å²) in [6.45, 7) is 1.58. The van der Waals surface area contributed by atoms with Gasteiger partial charge in [-0.25, -0.2) is 0 Å². The van der Waals surface area contributed by atoms with Gasteiger partial charge < -0.3 is 15.2 Å². The molecule has 124 valence electrons. The Morgan fingerprint density at radius 3 is 2.70 bits per heavy atom. The summed E-state index contributed by atoms with van der Waals surface area (Å²) in [5, 5.41) is 12.4. The number of esters is 1. The van der Waals surface area contributed by atoms with Crippen molar-refractivity contribution in [1.29, 1.82) is 0 Å². The molecule has 1 aromatic carbocycles. The lowest BCUT2D eigenvalue weighted by molar-refractivity contribution is -0.146. The second-order valence-electron chi connectivity index (χ2n) is 5.51. The first-order valence-electron chi connectivity index (χ1n) is 7.32. The number of methoxy groups -OCH3 is 1. The molecule has 23 heavy (non-hydrogen) atoms. The van der Waals surface area contributed by atoms with Crippen molar-refractivity contribution < 1.29 is 24.2 Å². The Kier molecular flexibility index (Phi) is 5.46. The summed E-state index contributed by atoms with van der Waals surface area (Å²) in [5.41, 5.74) is 0.853. The van der Waals surface area contributed by atoms with Crippen LogP contribution in [0.4, 0.5) is 5.69 Å². The number of para-hydroxylation sites is 1. The van der Waals surface area contributed by atoms with Crippen LogP contribution >= 0.6 is 0 Å². The Balaban J connectivity index is 2.05. The van der Waals surface area contributed by atoms with E-state index in [1.807, 2.05) is 0 Å². The molecule has 2 rings (SSSR count). The van der Waals surface area contributed by atoms with E-state index in [0.717, 1.165) is 0 Å². The minimum Gasteiger partial charge on any atom is -0.468 e. The number of aliphatic hydroxyl groups excluding tert-OH is 1. The van der Waals surface area contributed by atoms with E-state index in [-0.39, 0.29) is 31.2 Å². The van der Waals surface area contributed by atoms with E-state index >= 15 is 0 Å². The van der Waals surface area contributed by atoms with Crippen molar-refractivity contribution >= 4 is 23.3 Å². The Bertz CT molecular complexity index is 616. The van der Waals surface area contributed by atoms with Crippen molar-refractivity contribution in [2.75, 3.05) is 25.5 Å². The Hall–Kier alpha value is -2.25. The smallest absolute Gasteiger partial charge is 0.323 e. The number of rotatable bonds is 5. The lowest BCUT2D eigenvalue weighted by Crippen LogP contribution is -2.41. The van der Waals surface area contributed by atoms with Crippen LogP contribution in [0.2, 0.25) is 0 Å². The molecular weight excluding hydrogens is 300 g/mol. The molecule has 1 aliphatic heterocycles. The number of hydrogen-bond donors (Lipinski definition) is 2. The Morgan fingerprint density at radius 2 is 2.04 bits per heavy atom. The maximum atomic E-state index is 12.2. The number of benzene rings is 1. The summed E-state index contributed by atoms with van der Waals surface area (Å²) in [6, 6.07) is 6.08. The maximum Gasteiger partial charge on any atom is 0.323 e. The van der Waals surface area contributed by atoms with Crippen LogP contribution < -0.4 is 5.32 Å². The molecule has 0 saturated carbocycles. The Morgan fingerprint density at radius 1 is 1.35 bits per heavy atom. The maximum absolute atomic E-state index is 12.2. The van der Waals surface area contributed by atoms with Crippen LogP contribution in [-0.2, 0) is 14.3 Å². The van der Waals surface area contributed by atoms with Crippen molar-refractivity contribution in [2.24, 2.45) is 0 Å². The van der Waals surface area contributed by atoms with Gasteiger partial charge in [-0.15, -0.1) is 0 Å². The van der Waals surface area contributed by atoms with Crippen LogP contribution in [0.3, 0.4) is 0 Å². The third kappa shape index (κ3) is 4.14. The molecule has 1 saturated heterocycles. The molecule has 1 fully saturated rings. The molecule has 1 heterocycles. The molecule has 1 aliphatic rings. The van der Waals surface area contributed by atoms with Crippen LogP contribution in [0.5, 0.6) is 0 Å². The van der Waals surface area contributed by atoms with E-state index in [0.29, 0.717) is 11.3 Å². The number of nitrogens with zero attached hydrogens (tertiary/aromatic N) is 1. The molecule has 0 unspecified atom stereocenters. The summed E-state index contributed by atoms with van der Waals surface area (Å²) in [5.74, 6) is -0.981. The summed E-state index contributed by atoms with van der Waals surface area (Å²) in [6.07, 6.45) is -0.430. The third-order valence-electron chi connectivity index (χ3n) is 3.78. The average molecular weight is 320 g/mol. The zero-order valence-corrected chi connectivity index (χ0v) is 13.1. The van der Waals surface area contributed by atoms with Crippen LogP contribution in [-0.4, -0.2) is 60.0 Å². The minimum absolute atomic E-state index is 0.0664. The van der Waals surface area contributed by atoms with Crippen LogP contribution in [0, 0.1) is 0 Å². The third-order valence-corrected chi connectivity index (χ3v) is 3.78. The van der Waals surface area contributed by atoms with E-state index in [2.05, 4.69) is 5.32 Å². The number of ketones is 1. The summed E-state index contributed by atoms with van der Waals surface area (Å²) >= 11 is 0. The quantitative estimate of drug-likeness (QED) is 0.603. The molecule has 7 heteroatoms. The van der Waals surface area contributed by atoms with E-state index in [4.69, 9.17) is 4.74 Å². The first-order valence-corrected chi connectivity index (χ1v) is 7.32. The molecular formula is C16H20N2O5. The minimum atomic E-state index is -0.670. The van der Waals surface area contributed by atoms with Gasteiger partial charge in [0, 0.05) is 18.5 Å². The molecule has 0 bridgehead atoms. The topological polar surface area (TPSA) is 95.9 Å². The van der Waals surface area contributed by atoms with Crippen molar-refractivity contribution in [2.45, 2.75) is 25.5 Å². The van der Waals surface area contributed by atoms with Gasteiger partial charge in [0.1, 0.15) is 6.04 Å². The number of carbonyl (C=O) groups excluding carboxylic acids is 3. The van der Waals surface area contributed by atoms with Crippen molar-refractivity contribution in [3.05, 3.63) is 29.8 Å². The van der Waals surface area contributed by atoms with Gasteiger partial charge in [-0.3, -0.25) is 19.3 Å². The standard InChI is InChI=1S/C16H20N2O5/c1-10(19)12-5-3-4-6-13(12)17-15(21)9-18-8-11(20)7-14(18)16(22)23-2/h3-6,11,14,20H,7-9H2,1-2H3,(H,17,21)/t11-,14+/m0/s1. The van der Waals surface area contributed by atoms with E-state index in [9.17, 15) is 19.5 Å². The average Bonchev–Trinajstić information content (AvgIpc) is 2.87. The molecule has 1 aromatic rings. The number of carbonyl (C=O) groups is 3. The predicted octanol–water partition coefficient (Wildman–Crippen LogP) is 0.436. The zero-order valence-electron chi connectivity index (χ0n) is 13.1. The SMILES string of the molecule is COC(=O)[C@H]1C[C@H](O)CN1CC(=O)Nc1ccccc1C(C)=O. The molecule has 0 radical (unpaired) electrons. The first-order chi connectivity index (χ1) is 10.9. The fraction of sp³-hybridized carbons (Fsp3) is 0.438. The summed E-state index contributed by atoms with van der Waals surface area (Å²) < 4.78 is 4.70. The van der Waals surface area contributed by atoms with Crippen LogP contribution in [0.1, 0.15) is 23.7 Å².